The van der Waals surface area contributed by atoms with Gasteiger partial charge in [-0.3, -0.25) is 0 Å². The molecule has 0 atom stereocenters. The van der Waals surface area contributed by atoms with E-state index < -0.39 is 10.0 Å². The van der Waals surface area contributed by atoms with Gasteiger partial charge in [-0.15, -0.1) is 0 Å². The predicted molar refractivity (Wildman–Crippen MR) is 114 cm³/mol. The van der Waals surface area contributed by atoms with E-state index in [1.54, 1.807) is 28.6 Å². The van der Waals surface area contributed by atoms with Gasteiger partial charge in [0, 0.05) is 44.8 Å². The van der Waals surface area contributed by atoms with Gasteiger partial charge in [0.2, 0.25) is 27.5 Å². The lowest BCUT2D eigenvalue weighted by molar-refractivity contribution is 0.306. The Hall–Kier alpha value is -2.41. The fraction of sp³-hybridized carbons (Fsp3) is 0.524. The molecule has 0 spiro atoms. The Morgan fingerprint density at radius 3 is 2.20 bits per heavy atom. The normalized spacial score (nSPS) is 19.4. The van der Waals surface area contributed by atoms with Crippen molar-refractivity contribution in [1.29, 1.82) is 5.26 Å². The molecule has 3 heterocycles. The van der Waals surface area contributed by atoms with Gasteiger partial charge in [0.15, 0.2) is 0 Å². The average molecular weight is 430 g/mol. The summed E-state index contributed by atoms with van der Waals surface area (Å²) in [6.45, 7) is 4.47. The fourth-order valence-electron chi connectivity index (χ4n) is 3.93. The number of piperazine rings is 1. The number of likely N-dealkylation sites (N-methyl/N-ethyl adjacent to an activating group) is 1. The maximum absolute atomic E-state index is 13.0. The SMILES string of the molecule is CN1CCN(c2oc(-c3ccc(S(=O)(=O)N4CCCCCC4)cc3)nc2C#N)CC1. The van der Waals surface area contributed by atoms with Gasteiger partial charge in [-0.25, -0.2) is 8.42 Å². The molecule has 1 aromatic carbocycles. The lowest BCUT2D eigenvalue weighted by Crippen LogP contribution is -2.44. The van der Waals surface area contributed by atoms with E-state index in [0.29, 0.717) is 30.4 Å². The van der Waals surface area contributed by atoms with Gasteiger partial charge in [0.1, 0.15) is 6.07 Å². The van der Waals surface area contributed by atoms with Crippen LogP contribution < -0.4 is 4.90 Å². The number of hydrogen-bond donors (Lipinski definition) is 0. The molecule has 2 aromatic rings. The molecule has 0 amide bonds. The Bertz CT molecular complexity index is 1010. The number of nitriles is 1. The van der Waals surface area contributed by atoms with Crippen molar-refractivity contribution in [3.8, 4) is 17.5 Å². The van der Waals surface area contributed by atoms with Gasteiger partial charge in [-0.05, 0) is 44.2 Å². The lowest BCUT2D eigenvalue weighted by atomic mass is 10.2. The lowest BCUT2D eigenvalue weighted by Gasteiger charge is -2.31. The summed E-state index contributed by atoms with van der Waals surface area (Å²) in [6, 6.07) is 8.71. The summed E-state index contributed by atoms with van der Waals surface area (Å²) < 4.78 is 33.4. The number of oxazole rings is 1. The van der Waals surface area contributed by atoms with Gasteiger partial charge in [0.05, 0.1) is 4.90 Å². The molecule has 2 aliphatic heterocycles. The third-order valence-electron chi connectivity index (χ3n) is 5.81. The highest BCUT2D eigenvalue weighted by atomic mass is 32.2. The summed E-state index contributed by atoms with van der Waals surface area (Å²) in [5.74, 6) is 0.820. The van der Waals surface area contributed by atoms with E-state index in [2.05, 4.69) is 23.0 Å². The van der Waals surface area contributed by atoms with Crippen molar-refractivity contribution >= 4 is 15.9 Å². The van der Waals surface area contributed by atoms with E-state index in [1.807, 2.05) is 4.90 Å². The largest absolute Gasteiger partial charge is 0.419 e. The zero-order valence-electron chi connectivity index (χ0n) is 17.2. The number of nitrogens with zero attached hydrogens (tertiary/aromatic N) is 5. The summed E-state index contributed by atoms with van der Waals surface area (Å²) in [7, 11) is -1.43. The molecule has 2 aliphatic rings. The molecule has 160 valence electrons. The molecule has 8 nitrogen and oxygen atoms in total. The van der Waals surface area contributed by atoms with Crippen molar-refractivity contribution in [2.45, 2.75) is 30.6 Å². The Morgan fingerprint density at radius 1 is 0.967 bits per heavy atom. The Kier molecular flexibility index (Phi) is 6.09. The van der Waals surface area contributed by atoms with Crippen LogP contribution in [0, 0.1) is 11.3 Å². The second kappa shape index (κ2) is 8.76. The highest BCUT2D eigenvalue weighted by Gasteiger charge is 2.26. The van der Waals surface area contributed by atoms with Crippen LogP contribution in [-0.4, -0.2) is 68.9 Å². The first kappa shape index (κ1) is 20.8. The molecule has 9 heteroatoms. The molecule has 0 N–H and O–H groups in total. The summed E-state index contributed by atoms with van der Waals surface area (Å²) in [6.07, 6.45) is 3.96. The van der Waals surface area contributed by atoms with Crippen molar-refractivity contribution in [3.63, 3.8) is 0 Å². The minimum Gasteiger partial charge on any atom is -0.419 e. The van der Waals surface area contributed by atoms with Crippen LogP contribution in [-0.2, 0) is 10.0 Å². The van der Waals surface area contributed by atoms with Gasteiger partial charge < -0.3 is 14.2 Å². The van der Waals surface area contributed by atoms with Crippen molar-refractivity contribution in [2.24, 2.45) is 0 Å². The third-order valence-corrected chi connectivity index (χ3v) is 7.72. The van der Waals surface area contributed by atoms with Crippen LogP contribution in [0.4, 0.5) is 5.88 Å². The molecule has 0 saturated carbocycles. The summed E-state index contributed by atoms with van der Waals surface area (Å²) in [5.41, 5.74) is 0.914. The zero-order chi connectivity index (χ0) is 21.1. The smallest absolute Gasteiger partial charge is 0.243 e. The van der Waals surface area contributed by atoms with Crippen molar-refractivity contribution in [2.75, 3.05) is 51.2 Å². The molecule has 4 rings (SSSR count). The molecule has 0 bridgehead atoms. The number of anilines is 1. The number of aromatic nitrogens is 1. The quantitative estimate of drug-likeness (QED) is 0.737. The Labute approximate surface area is 177 Å². The highest BCUT2D eigenvalue weighted by molar-refractivity contribution is 7.89. The van der Waals surface area contributed by atoms with Crippen LogP contribution >= 0.6 is 0 Å². The topological polar surface area (TPSA) is 93.7 Å². The van der Waals surface area contributed by atoms with Crippen LogP contribution in [0.25, 0.3) is 11.5 Å². The molecule has 1 aromatic heterocycles. The summed E-state index contributed by atoms with van der Waals surface area (Å²) in [5, 5.41) is 9.48. The first-order chi connectivity index (χ1) is 14.5. The molecule has 2 saturated heterocycles. The van der Waals surface area contributed by atoms with Gasteiger partial charge >= 0.3 is 0 Å². The van der Waals surface area contributed by atoms with Crippen molar-refractivity contribution < 1.29 is 12.8 Å². The highest BCUT2D eigenvalue weighted by Crippen LogP contribution is 2.30. The minimum atomic E-state index is -3.50. The molecule has 0 unspecified atom stereocenters. The third kappa shape index (κ3) is 4.21. The van der Waals surface area contributed by atoms with Crippen LogP contribution in [0.15, 0.2) is 33.6 Å². The van der Waals surface area contributed by atoms with E-state index in [-0.39, 0.29) is 10.6 Å². The number of hydrogen-bond acceptors (Lipinski definition) is 7. The Balaban J connectivity index is 1.56. The number of benzene rings is 1. The predicted octanol–water partition coefficient (Wildman–Crippen LogP) is 2.53. The van der Waals surface area contributed by atoms with E-state index in [4.69, 9.17) is 4.42 Å². The first-order valence-corrected chi connectivity index (χ1v) is 11.9. The summed E-state index contributed by atoms with van der Waals surface area (Å²) >= 11 is 0. The molecule has 0 aliphatic carbocycles. The summed E-state index contributed by atoms with van der Waals surface area (Å²) in [4.78, 5) is 8.88. The van der Waals surface area contributed by atoms with Crippen molar-refractivity contribution in [1.82, 2.24) is 14.2 Å². The number of sulfonamides is 1. The standard InChI is InChI=1S/C21H27N5O3S/c1-24-12-14-25(15-13-24)21-19(16-22)23-20(29-21)17-6-8-18(9-7-17)30(27,28)26-10-4-2-3-5-11-26/h6-9H,2-5,10-15H2,1H3. The first-order valence-electron chi connectivity index (χ1n) is 10.4. The van der Waals surface area contributed by atoms with Crippen molar-refractivity contribution in [3.05, 3.63) is 30.0 Å². The second-order valence-electron chi connectivity index (χ2n) is 7.92. The van der Waals surface area contributed by atoms with Crippen LogP contribution in [0.2, 0.25) is 0 Å². The van der Waals surface area contributed by atoms with E-state index in [1.165, 1.54) is 0 Å². The number of rotatable bonds is 4. The van der Waals surface area contributed by atoms with E-state index in [9.17, 15) is 13.7 Å². The van der Waals surface area contributed by atoms with E-state index >= 15 is 0 Å². The Morgan fingerprint density at radius 2 is 1.60 bits per heavy atom. The maximum atomic E-state index is 13.0. The average Bonchev–Trinajstić information content (AvgIpc) is 2.99. The molecule has 2 fully saturated rings. The maximum Gasteiger partial charge on any atom is 0.243 e. The zero-order valence-corrected chi connectivity index (χ0v) is 18.1. The van der Waals surface area contributed by atoms with E-state index in [0.717, 1.165) is 51.9 Å². The molecule has 0 radical (unpaired) electrons. The van der Waals surface area contributed by atoms with Crippen LogP contribution in [0.1, 0.15) is 31.4 Å². The van der Waals surface area contributed by atoms with Gasteiger partial charge in [0.25, 0.3) is 0 Å². The fourth-order valence-corrected chi connectivity index (χ4v) is 5.45. The van der Waals surface area contributed by atoms with Gasteiger partial charge in [-0.1, -0.05) is 12.8 Å². The second-order valence-corrected chi connectivity index (χ2v) is 9.86. The van der Waals surface area contributed by atoms with Gasteiger partial charge in [-0.2, -0.15) is 14.6 Å². The molecule has 30 heavy (non-hydrogen) atoms. The van der Waals surface area contributed by atoms with Crippen LogP contribution in [0.3, 0.4) is 0 Å². The molecular formula is C21H27N5O3S. The molecular weight excluding hydrogens is 402 g/mol. The monoisotopic (exact) mass is 429 g/mol. The van der Waals surface area contributed by atoms with Crippen LogP contribution in [0.5, 0.6) is 0 Å². The minimum absolute atomic E-state index is 0.260.